The molecule has 0 atom stereocenters. The molecule has 0 aliphatic carbocycles. The average molecular weight is 256 g/mol. The molecule has 100 valence electrons. The number of rotatable bonds is 2. The minimum atomic E-state index is 0.736. The molecule has 0 spiro atoms. The van der Waals surface area contributed by atoms with Crippen LogP contribution in [0.25, 0.3) is 0 Å². The lowest BCUT2D eigenvalue weighted by Crippen LogP contribution is -2.00. The number of hydrogen-bond donors (Lipinski definition) is 2. The van der Waals surface area contributed by atoms with Gasteiger partial charge in [-0.2, -0.15) is 0 Å². The van der Waals surface area contributed by atoms with E-state index < -0.39 is 0 Å². The van der Waals surface area contributed by atoms with Crippen molar-refractivity contribution in [3.63, 3.8) is 0 Å². The fraction of sp³-hybridized carbons (Fsp3) is 0.250. The van der Waals surface area contributed by atoms with E-state index in [1.807, 2.05) is 52.0 Å². The molecular formula is C16H20N2O. The lowest BCUT2D eigenvalue weighted by molar-refractivity contribution is 0.468. The third-order valence-corrected chi connectivity index (χ3v) is 3.49. The molecule has 0 heterocycles. The van der Waals surface area contributed by atoms with Gasteiger partial charge in [-0.25, -0.2) is 0 Å². The molecule has 0 saturated carbocycles. The Morgan fingerprint density at radius 1 is 0.684 bits per heavy atom. The van der Waals surface area contributed by atoms with E-state index in [4.69, 9.17) is 16.2 Å². The van der Waals surface area contributed by atoms with Crippen LogP contribution >= 0.6 is 0 Å². The Bertz CT molecular complexity index is 578. The molecule has 2 aromatic rings. The van der Waals surface area contributed by atoms with Crippen molar-refractivity contribution in [3.8, 4) is 11.5 Å². The summed E-state index contributed by atoms with van der Waals surface area (Å²) in [5.41, 5.74) is 17.4. The van der Waals surface area contributed by atoms with E-state index in [1.54, 1.807) is 0 Å². The molecule has 3 nitrogen and oxygen atoms in total. The van der Waals surface area contributed by atoms with Gasteiger partial charge in [0.15, 0.2) is 0 Å². The topological polar surface area (TPSA) is 61.3 Å². The van der Waals surface area contributed by atoms with Crippen molar-refractivity contribution >= 4 is 11.4 Å². The Hall–Kier alpha value is -2.16. The number of hydrogen-bond acceptors (Lipinski definition) is 3. The van der Waals surface area contributed by atoms with Crippen molar-refractivity contribution in [2.75, 3.05) is 11.5 Å². The van der Waals surface area contributed by atoms with Crippen LogP contribution in [-0.4, -0.2) is 0 Å². The van der Waals surface area contributed by atoms with Crippen molar-refractivity contribution in [2.45, 2.75) is 27.7 Å². The minimum Gasteiger partial charge on any atom is -0.456 e. The average Bonchev–Trinajstić information content (AvgIpc) is 2.38. The van der Waals surface area contributed by atoms with Crippen LogP contribution in [0.5, 0.6) is 11.5 Å². The number of aryl methyl sites for hydroxylation is 2. The molecule has 3 heteroatoms. The van der Waals surface area contributed by atoms with Crippen LogP contribution in [0, 0.1) is 27.7 Å². The summed E-state index contributed by atoms with van der Waals surface area (Å²) < 4.78 is 6.10. The first-order valence-electron chi connectivity index (χ1n) is 6.31. The van der Waals surface area contributed by atoms with Gasteiger partial charge < -0.3 is 16.2 Å². The molecule has 2 aromatic carbocycles. The molecule has 4 N–H and O–H groups in total. The zero-order valence-corrected chi connectivity index (χ0v) is 11.9. The number of nitrogens with two attached hydrogens (primary N) is 2. The summed E-state index contributed by atoms with van der Waals surface area (Å²) in [4.78, 5) is 0. The second-order valence-electron chi connectivity index (χ2n) is 4.95. The summed E-state index contributed by atoms with van der Waals surface area (Å²) >= 11 is 0. The van der Waals surface area contributed by atoms with Crippen molar-refractivity contribution in [1.29, 1.82) is 0 Å². The highest BCUT2D eigenvalue weighted by atomic mass is 16.5. The minimum absolute atomic E-state index is 0.736. The number of benzene rings is 2. The van der Waals surface area contributed by atoms with Crippen LogP contribution in [0.2, 0.25) is 0 Å². The monoisotopic (exact) mass is 256 g/mol. The SMILES string of the molecule is Cc1ccc(N)c(C)c1Oc1c(C)ccc(N)c1C. The Morgan fingerprint density at radius 2 is 1.05 bits per heavy atom. The lowest BCUT2D eigenvalue weighted by atomic mass is 10.1. The van der Waals surface area contributed by atoms with Gasteiger partial charge >= 0.3 is 0 Å². The van der Waals surface area contributed by atoms with Crippen LogP contribution in [-0.2, 0) is 0 Å². The maximum Gasteiger partial charge on any atom is 0.135 e. The number of nitrogen functional groups attached to an aromatic ring is 2. The van der Waals surface area contributed by atoms with Crippen LogP contribution in [0.3, 0.4) is 0 Å². The van der Waals surface area contributed by atoms with E-state index in [0.29, 0.717) is 0 Å². The Morgan fingerprint density at radius 3 is 1.42 bits per heavy atom. The van der Waals surface area contributed by atoms with Gasteiger partial charge in [0.2, 0.25) is 0 Å². The van der Waals surface area contributed by atoms with Gasteiger partial charge in [-0.05, 0) is 51.0 Å². The largest absolute Gasteiger partial charge is 0.456 e. The smallest absolute Gasteiger partial charge is 0.135 e. The Kier molecular flexibility index (Phi) is 3.38. The first-order valence-corrected chi connectivity index (χ1v) is 6.31. The maximum atomic E-state index is 6.10. The zero-order chi connectivity index (χ0) is 14.2. The Balaban J connectivity index is 2.54. The molecule has 0 aliphatic rings. The summed E-state index contributed by atoms with van der Waals surface area (Å²) in [6.07, 6.45) is 0. The highest BCUT2D eigenvalue weighted by Gasteiger charge is 2.12. The van der Waals surface area contributed by atoms with Gasteiger partial charge in [-0.3, -0.25) is 0 Å². The molecule has 0 aliphatic heterocycles. The summed E-state index contributed by atoms with van der Waals surface area (Å²) in [5.74, 6) is 1.63. The highest BCUT2D eigenvalue weighted by Crippen LogP contribution is 2.36. The molecule has 19 heavy (non-hydrogen) atoms. The summed E-state index contributed by atoms with van der Waals surface area (Å²) in [7, 11) is 0. The van der Waals surface area contributed by atoms with E-state index in [1.165, 1.54) is 0 Å². The van der Waals surface area contributed by atoms with Crippen LogP contribution in [0.4, 0.5) is 11.4 Å². The lowest BCUT2D eigenvalue weighted by Gasteiger charge is -2.17. The summed E-state index contributed by atoms with van der Waals surface area (Å²) in [6, 6.07) is 7.73. The molecule has 2 rings (SSSR count). The van der Waals surface area contributed by atoms with Gasteiger partial charge in [0, 0.05) is 22.5 Å². The maximum absolute atomic E-state index is 6.10. The van der Waals surface area contributed by atoms with Gasteiger partial charge in [-0.1, -0.05) is 12.1 Å². The first kappa shape index (κ1) is 13.3. The van der Waals surface area contributed by atoms with Crippen LogP contribution < -0.4 is 16.2 Å². The molecule has 0 saturated heterocycles. The van der Waals surface area contributed by atoms with Gasteiger partial charge in [0.25, 0.3) is 0 Å². The van der Waals surface area contributed by atoms with Gasteiger partial charge in [-0.15, -0.1) is 0 Å². The normalized spacial score (nSPS) is 10.5. The molecule has 0 unspecified atom stereocenters. The van der Waals surface area contributed by atoms with Crippen molar-refractivity contribution < 1.29 is 4.74 Å². The number of ether oxygens (including phenoxy) is 1. The third kappa shape index (κ3) is 2.36. The highest BCUT2D eigenvalue weighted by molar-refractivity contribution is 5.61. The van der Waals surface area contributed by atoms with E-state index in [9.17, 15) is 0 Å². The molecule has 0 fully saturated rings. The van der Waals surface area contributed by atoms with Gasteiger partial charge in [0.1, 0.15) is 11.5 Å². The molecule has 0 bridgehead atoms. The predicted octanol–water partition coefficient (Wildman–Crippen LogP) is 3.88. The van der Waals surface area contributed by atoms with Crippen molar-refractivity contribution in [3.05, 3.63) is 46.5 Å². The standard InChI is InChI=1S/C16H20N2O/c1-9-5-7-13(17)11(3)15(9)19-16-10(2)6-8-14(18)12(16)4/h5-8H,17-18H2,1-4H3. The zero-order valence-electron chi connectivity index (χ0n) is 11.9. The van der Waals surface area contributed by atoms with E-state index in [0.717, 1.165) is 45.1 Å². The summed E-state index contributed by atoms with van der Waals surface area (Å²) in [6.45, 7) is 7.96. The first-order chi connectivity index (χ1) is 8.91. The molecular weight excluding hydrogens is 236 g/mol. The van der Waals surface area contributed by atoms with E-state index in [2.05, 4.69) is 0 Å². The molecule has 0 amide bonds. The fourth-order valence-electron chi connectivity index (χ4n) is 2.10. The van der Waals surface area contributed by atoms with E-state index >= 15 is 0 Å². The second-order valence-corrected chi connectivity index (χ2v) is 4.95. The van der Waals surface area contributed by atoms with Crippen LogP contribution in [0.1, 0.15) is 22.3 Å². The summed E-state index contributed by atoms with van der Waals surface area (Å²) in [5, 5.41) is 0. The molecule has 0 radical (unpaired) electrons. The van der Waals surface area contributed by atoms with Crippen molar-refractivity contribution in [1.82, 2.24) is 0 Å². The van der Waals surface area contributed by atoms with Crippen LogP contribution in [0.15, 0.2) is 24.3 Å². The fourth-order valence-corrected chi connectivity index (χ4v) is 2.10. The quantitative estimate of drug-likeness (QED) is 0.802. The van der Waals surface area contributed by atoms with Crippen molar-refractivity contribution in [2.24, 2.45) is 0 Å². The predicted molar refractivity (Wildman–Crippen MR) is 80.7 cm³/mol. The van der Waals surface area contributed by atoms with E-state index in [-0.39, 0.29) is 0 Å². The Labute approximate surface area is 114 Å². The molecule has 0 aromatic heterocycles. The second kappa shape index (κ2) is 4.84. The van der Waals surface area contributed by atoms with Gasteiger partial charge in [0.05, 0.1) is 0 Å². The number of anilines is 2. The third-order valence-electron chi connectivity index (χ3n) is 3.49.